The van der Waals surface area contributed by atoms with Gasteiger partial charge in [0.25, 0.3) is 0 Å². The van der Waals surface area contributed by atoms with Crippen molar-refractivity contribution in [1.82, 2.24) is 0 Å². The molecule has 1 aliphatic heterocycles. The maximum Gasteiger partial charge on any atom is 0.317 e. The van der Waals surface area contributed by atoms with E-state index >= 15 is 0 Å². The summed E-state index contributed by atoms with van der Waals surface area (Å²) in [5.74, 6) is -3.09. The number of para-hydroxylation sites is 1. The normalized spacial score (nSPS) is 21.7. The van der Waals surface area contributed by atoms with E-state index in [0.29, 0.717) is 33.3 Å². The van der Waals surface area contributed by atoms with Crippen LogP contribution in [-0.4, -0.2) is 24.3 Å². The lowest BCUT2D eigenvalue weighted by Crippen LogP contribution is -2.46. The third-order valence-electron chi connectivity index (χ3n) is 7.08. The third-order valence-corrected chi connectivity index (χ3v) is 8.92. The first kappa shape index (κ1) is 25.7. The Labute approximate surface area is 229 Å². The highest BCUT2D eigenvalue weighted by molar-refractivity contribution is 7.10. The molecule has 0 saturated carbocycles. The number of benzene rings is 2. The number of carbonyl (C=O) groups excluding carboxylic acids is 3. The van der Waals surface area contributed by atoms with Gasteiger partial charge < -0.3 is 4.74 Å². The molecule has 8 heteroatoms. The SMILES string of the molecule is CCOC(=O)[C@@H]1C(=O)C2=C(C[C@@H]1c1cccs1)N(c1ccccc1C)C(=O)C[C@H]2c1cccc(Cl)c1Cl. The van der Waals surface area contributed by atoms with Crippen molar-refractivity contribution in [1.29, 1.82) is 0 Å². The Bertz CT molecular complexity index is 1420. The minimum absolute atomic E-state index is 0.0260. The van der Waals surface area contributed by atoms with Crippen molar-refractivity contribution in [2.75, 3.05) is 11.5 Å². The Morgan fingerprint density at radius 2 is 1.84 bits per heavy atom. The zero-order chi connectivity index (χ0) is 26.3. The third kappa shape index (κ3) is 4.52. The molecule has 37 heavy (non-hydrogen) atoms. The molecule has 2 aromatic carbocycles. The molecule has 0 bridgehead atoms. The van der Waals surface area contributed by atoms with Crippen molar-refractivity contribution in [2.45, 2.75) is 38.5 Å². The summed E-state index contributed by atoms with van der Waals surface area (Å²) in [6.45, 7) is 3.83. The van der Waals surface area contributed by atoms with Crippen LogP contribution in [0.3, 0.4) is 0 Å². The molecule has 0 radical (unpaired) electrons. The predicted octanol–water partition coefficient (Wildman–Crippen LogP) is 7.07. The van der Waals surface area contributed by atoms with Crippen LogP contribution in [0, 0.1) is 12.8 Å². The smallest absolute Gasteiger partial charge is 0.317 e. The number of aryl methyl sites for hydroxylation is 1. The maximum absolute atomic E-state index is 14.4. The van der Waals surface area contributed by atoms with E-state index in [-0.39, 0.29) is 24.7 Å². The summed E-state index contributed by atoms with van der Waals surface area (Å²) in [6.07, 6.45) is 0.359. The number of esters is 1. The highest BCUT2D eigenvalue weighted by Crippen LogP contribution is 2.51. The Morgan fingerprint density at radius 3 is 2.54 bits per heavy atom. The van der Waals surface area contributed by atoms with Gasteiger partial charge >= 0.3 is 5.97 Å². The molecule has 3 aromatic rings. The molecule has 2 heterocycles. The molecule has 1 amide bonds. The molecular weight excluding hydrogens is 529 g/mol. The topological polar surface area (TPSA) is 63.7 Å². The number of ether oxygens (including phenoxy) is 1. The van der Waals surface area contributed by atoms with Crippen molar-refractivity contribution in [3.8, 4) is 0 Å². The number of carbonyl (C=O) groups is 3. The first-order chi connectivity index (χ1) is 17.8. The van der Waals surface area contributed by atoms with E-state index < -0.39 is 23.7 Å². The van der Waals surface area contributed by atoms with Crippen LogP contribution in [0.4, 0.5) is 5.69 Å². The lowest BCUT2D eigenvalue weighted by Gasteiger charge is -2.42. The van der Waals surface area contributed by atoms with E-state index in [1.165, 1.54) is 11.3 Å². The van der Waals surface area contributed by atoms with Gasteiger partial charge in [-0.15, -0.1) is 11.3 Å². The second kappa shape index (κ2) is 10.4. The van der Waals surface area contributed by atoms with Crippen LogP contribution in [0.15, 0.2) is 71.2 Å². The van der Waals surface area contributed by atoms with Gasteiger partial charge in [-0.25, -0.2) is 0 Å². The van der Waals surface area contributed by atoms with E-state index in [1.807, 2.05) is 48.7 Å². The van der Waals surface area contributed by atoms with Gasteiger partial charge in [0, 0.05) is 34.4 Å². The molecule has 2 aliphatic rings. The van der Waals surface area contributed by atoms with E-state index in [2.05, 4.69) is 0 Å². The van der Waals surface area contributed by atoms with Gasteiger partial charge in [0.15, 0.2) is 5.78 Å². The predicted molar refractivity (Wildman–Crippen MR) is 146 cm³/mol. The Kier molecular flexibility index (Phi) is 7.26. The fraction of sp³-hybridized carbons (Fsp3) is 0.276. The van der Waals surface area contributed by atoms with Gasteiger partial charge in [-0.3, -0.25) is 19.3 Å². The van der Waals surface area contributed by atoms with Gasteiger partial charge in [-0.05, 0) is 55.0 Å². The van der Waals surface area contributed by atoms with Crippen LogP contribution in [0.1, 0.15) is 47.6 Å². The van der Waals surface area contributed by atoms with Crippen LogP contribution in [0.5, 0.6) is 0 Å². The number of nitrogens with zero attached hydrogens (tertiary/aromatic N) is 1. The largest absolute Gasteiger partial charge is 0.465 e. The molecule has 5 nitrogen and oxygen atoms in total. The number of rotatable bonds is 5. The van der Waals surface area contributed by atoms with E-state index in [1.54, 1.807) is 30.0 Å². The number of anilines is 1. The number of amides is 1. The summed E-state index contributed by atoms with van der Waals surface area (Å²) in [6, 6.07) is 16.6. The van der Waals surface area contributed by atoms with Gasteiger partial charge in [-0.1, -0.05) is 59.6 Å². The average molecular weight is 554 g/mol. The number of thiophene rings is 1. The highest BCUT2D eigenvalue weighted by atomic mass is 35.5. The van der Waals surface area contributed by atoms with Gasteiger partial charge in [-0.2, -0.15) is 0 Å². The quantitative estimate of drug-likeness (QED) is 0.250. The zero-order valence-electron chi connectivity index (χ0n) is 20.4. The van der Waals surface area contributed by atoms with E-state index in [9.17, 15) is 14.4 Å². The standard InChI is InChI=1S/C29H25Cl2NO4S/c1-3-36-29(35)26-19(23-12-7-13-37-23)14-22-25(28(26)34)18(17-9-6-10-20(30)27(17)31)15-24(33)32(22)21-11-5-4-8-16(21)2/h4-13,18-19,26H,3,14-15H2,1-2H3/t18-,19+,26-/m0/s1. The number of Topliss-reactive ketones (excluding diaryl/α,β-unsaturated/α-hetero) is 1. The van der Waals surface area contributed by atoms with Crippen LogP contribution in [0.25, 0.3) is 0 Å². The van der Waals surface area contributed by atoms with Crippen molar-refractivity contribution in [2.24, 2.45) is 5.92 Å². The van der Waals surface area contributed by atoms with Crippen molar-refractivity contribution < 1.29 is 19.1 Å². The zero-order valence-corrected chi connectivity index (χ0v) is 22.7. The molecule has 190 valence electrons. The van der Waals surface area contributed by atoms with E-state index in [0.717, 1.165) is 16.1 Å². The first-order valence-corrected chi connectivity index (χ1v) is 13.8. The lowest BCUT2D eigenvalue weighted by atomic mass is 9.69. The van der Waals surface area contributed by atoms with Crippen LogP contribution in [0.2, 0.25) is 10.0 Å². The molecule has 1 aromatic heterocycles. The summed E-state index contributed by atoms with van der Waals surface area (Å²) in [7, 11) is 0. The summed E-state index contributed by atoms with van der Waals surface area (Å²) in [5, 5.41) is 2.57. The molecule has 0 saturated heterocycles. The maximum atomic E-state index is 14.4. The second-order valence-corrected chi connectivity index (χ2v) is 11.0. The van der Waals surface area contributed by atoms with Crippen LogP contribution >= 0.6 is 34.5 Å². The van der Waals surface area contributed by atoms with Crippen molar-refractivity contribution in [3.63, 3.8) is 0 Å². The fourth-order valence-corrected chi connectivity index (χ4v) is 6.76. The van der Waals surface area contributed by atoms with Crippen molar-refractivity contribution >= 4 is 57.9 Å². The minimum Gasteiger partial charge on any atom is -0.465 e. The lowest BCUT2D eigenvalue weighted by molar-refractivity contribution is -0.152. The van der Waals surface area contributed by atoms with Gasteiger partial charge in [0.1, 0.15) is 5.92 Å². The monoisotopic (exact) mass is 553 g/mol. The fourth-order valence-electron chi connectivity index (χ4n) is 5.45. The number of hydrogen-bond donors (Lipinski definition) is 0. The first-order valence-electron chi connectivity index (χ1n) is 12.1. The van der Waals surface area contributed by atoms with Gasteiger partial charge in [0.2, 0.25) is 5.91 Å². The molecular formula is C29H25Cl2NO4S. The highest BCUT2D eigenvalue weighted by Gasteiger charge is 2.50. The summed E-state index contributed by atoms with van der Waals surface area (Å²) < 4.78 is 5.39. The molecule has 0 fully saturated rings. The summed E-state index contributed by atoms with van der Waals surface area (Å²) in [5.41, 5.74) is 3.27. The molecule has 0 unspecified atom stereocenters. The number of hydrogen-bond acceptors (Lipinski definition) is 5. The summed E-state index contributed by atoms with van der Waals surface area (Å²) >= 11 is 14.4. The number of allylic oxidation sites excluding steroid dienone is 2. The summed E-state index contributed by atoms with van der Waals surface area (Å²) in [4.78, 5) is 44.0. The molecule has 0 N–H and O–H groups in total. The van der Waals surface area contributed by atoms with Crippen LogP contribution < -0.4 is 4.90 Å². The minimum atomic E-state index is -1.01. The molecule has 0 spiro atoms. The molecule has 5 rings (SSSR count). The molecule has 3 atom stereocenters. The average Bonchev–Trinajstić information content (AvgIpc) is 3.41. The number of ketones is 1. The second-order valence-electron chi connectivity index (χ2n) is 9.20. The molecule has 1 aliphatic carbocycles. The number of halogens is 2. The van der Waals surface area contributed by atoms with Crippen molar-refractivity contribution in [3.05, 3.63) is 97.3 Å². The van der Waals surface area contributed by atoms with Crippen LogP contribution in [-0.2, 0) is 19.1 Å². The Morgan fingerprint density at radius 1 is 1.05 bits per heavy atom. The Balaban J connectivity index is 1.76. The van der Waals surface area contributed by atoms with Gasteiger partial charge in [0.05, 0.1) is 22.3 Å². The Hall–Kier alpha value is -2.93. The van der Waals surface area contributed by atoms with E-state index in [4.69, 9.17) is 27.9 Å².